The SMILES string of the molecule is CC1(C)OB(c2ccc([C@H]3CCC(c4c(F)cccc4F)=N3)c(Cl)c2)OC1(C)C. The Morgan fingerprint density at radius 2 is 1.66 bits per heavy atom. The van der Waals surface area contributed by atoms with Gasteiger partial charge in [-0.2, -0.15) is 0 Å². The maximum Gasteiger partial charge on any atom is 0.494 e. The van der Waals surface area contributed by atoms with Crippen LogP contribution in [0.3, 0.4) is 0 Å². The van der Waals surface area contributed by atoms with Crippen LogP contribution in [0, 0.1) is 11.6 Å². The molecule has 2 aromatic rings. The van der Waals surface area contributed by atoms with Gasteiger partial charge >= 0.3 is 7.12 Å². The molecular formula is C22H23BClF2NO2. The molecule has 2 aliphatic rings. The average molecular weight is 418 g/mol. The molecule has 3 nitrogen and oxygen atoms in total. The van der Waals surface area contributed by atoms with Crippen molar-refractivity contribution < 1.29 is 18.1 Å². The molecule has 29 heavy (non-hydrogen) atoms. The van der Waals surface area contributed by atoms with Gasteiger partial charge in [0, 0.05) is 10.7 Å². The fourth-order valence-corrected chi connectivity index (χ4v) is 4.03. The molecule has 2 aliphatic heterocycles. The first-order valence-corrected chi connectivity index (χ1v) is 10.1. The number of halogens is 3. The summed E-state index contributed by atoms with van der Waals surface area (Å²) in [6.45, 7) is 8.00. The van der Waals surface area contributed by atoms with Crippen molar-refractivity contribution in [1.29, 1.82) is 0 Å². The second-order valence-corrected chi connectivity index (χ2v) is 9.00. The maximum absolute atomic E-state index is 14.1. The summed E-state index contributed by atoms with van der Waals surface area (Å²) in [6, 6.07) is 9.27. The summed E-state index contributed by atoms with van der Waals surface area (Å²) in [5.41, 5.74) is 1.20. The van der Waals surface area contributed by atoms with Crippen molar-refractivity contribution in [2.75, 3.05) is 0 Å². The van der Waals surface area contributed by atoms with Crippen molar-refractivity contribution in [2.45, 2.75) is 57.8 Å². The van der Waals surface area contributed by atoms with Gasteiger partial charge in [0.15, 0.2) is 0 Å². The largest absolute Gasteiger partial charge is 0.494 e. The van der Waals surface area contributed by atoms with Crippen LogP contribution >= 0.6 is 11.6 Å². The summed E-state index contributed by atoms with van der Waals surface area (Å²) in [6.07, 6.45) is 1.15. The van der Waals surface area contributed by atoms with E-state index in [1.165, 1.54) is 18.2 Å². The molecule has 1 saturated heterocycles. The molecule has 2 aromatic carbocycles. The van der Waals surface area contributed by atoms with Crippen molar-refractivity contribution in [1.82, 2.24) is 0 Å². The van der Waals surface area contributed by atoms with E-state index in [4.69, 9.17) is 20.9 Å². The lowest BCUT2D eigenvalue weighted by atomic mass is 9.78. The quantitative estimate of drug-likeness (QED) is 0.639. The third kappa shape index (κ3) is 3.62. The third-order valence-corrected chi connectivity index (χ3v) is 6.45. The van der Waals surface area contributed by atoms with Crippen LogP contribution in [0.5, 0.6) is 0 Å². The van der Waals surface area contributed by atoms with Crippen molar-refractivity contribution in [3.8, 4) is 0 Å². The van der Waals surface area contributed by atoms with E-state index < -0.39 is 30.0 Å². The zero-order valence-electron chi connectivity index (χ0n) is 16.9. The van der Waals surface area contributed by atoms with E-state index in [0.717, 1.165) is 11.0 Å². The molecule has 1 fully saturated rings. The molecule has 1 atom stereocenters. The molecule has 0 bridgehead atoms. The van der Waals surface area contributed by atoms with Crippen LogP contribution in [0.1, 0.15) is 57.7 Å². The zero-order valence-corrected chi connectivity index (χ0v) is 17.7. The van der Waals surface area contributed by atoms with Crippen molar-refractivity contribution in [3.05, 3.63) is 64.2 Å². The molecule has 0 radical (unpaired) electrons. The summed E-state index contributed by atoms with van der Waals surface area (Å²) in [4.78, 5) is 4.57. The highest BCUT2D eigenvalue weighted by Crippen LogP contribution is 2.38. The Hall–Kier alpha value is -1.76. The summed E-state index contributed by atoms with van der Waals surface area (Å²) in [5.74, 6) is -1.18. The van der Waals surface area contributed by atoms with E-state index in [1.54, 1.807) is 0 Å². The van der Waals surface area contributed by atoms with Crippen LogP contribution in [0.2, 0.25) is 5.02 Å². The van der Waals surface area contributed by atoms with Gasteiger partial charge in [0.2, 0.25) is 0 Å². The highest BCUT2D eigenvalue weighted by atomic mass is 35.5. The molecule has 7 heteroatoms. The van der Waals surface area contributed by atoms with Crippen LogP contribution in [0.25, 0.3) is 0 Å². The van der Waals surface area contributed by atoms with E-state index in [-0.39, 0.29) is 11.6 Å². The van der Waals surface area contributed by atoms with Gasteiger partial charge in [0.05, 0.1) is 22.8 Å². The lowest BCUT2D eigenvalue weighted by molar-refractivity contribution is 0.00578. The summed E-state index contributed by atoms with van der Waals surface area (Å²) >= 11 is 6.56. The van der Waals surface area contributed by atoms with Gasteiger partial charge in [-0.3, -0.25) is 4.99 Å². The minimum Gasteiger partial charge on any atom is -0.399 e. The van der Waals surface area contributed by atoms with Gasteiger partial charge in [-0.25, -0.2) is 8.78 Å². The van der Waals surface area contributed by atoms with Crippen molar-refractivity contribution in [2.24, 2.45) is 4.99 Å². The van der Waals surface area contributed by atoms with Crippen LogP contribution in [-0.2, 0) is 9.31 Å². The van der Waals surface area contributed by atoms with Crippen LogP contribution in [0.15, 0.2) is 41.4 Å². The number of hydrogen-bond donors (Lipinski definition) is 0. The first-order valence-electron chi connectivity index (χ1n) is 9.75. The lowest BCUT2D eigenvalue weighted by Gasteiger charge is -2.32. The molecule has 0 aromatic heterocycles. The second kappa shape index (κ2) is 7.19. The topological polar surface area (TPSA) is 30.8 Å². The van der Waals surface area contributed by atoms with Crippen LogP contribution < -0.4 is 5.46 Å². The molecule has 0 N–H and O–H groups in total. The Labute approximate surface area is 175 Å². The zero-order chi connectivity index (χ0) is 21.0. The standard InChI is InChI=1S/C22H23BClF2NO2/c1-21(2)22(3,4)29-23(28-21)13-8-9-14(15(24)12-13)18-10-11-19(27-18)20-16(25)6-5-7-17(20)26/h5-9,12,18H,10-11H2,1-4H3/t18-/m1/s1. The highest BCUT2D eigenvalue weighted by Gasteiger charge is 2.51. The Morgan fingerprint density at radius 1 is 1.03 bits per heavy atom. The highest BCUT2D eigenvalue weighted by molar-refractivity contribution is 6.62. The molecule has 0 unspecified atom stereocenters. The van der Waals surface area contributed by atoms with Gasteiger partial charge in [-0.15, -0.1) is 0 Å². The lowest BCUT2D eigenvalue weighted by Crippen LogP contribution is -2.41. The molecule has 0 aliphatic carbocycles. The van der Waals surface area contributed by atoms with E-state index in [1.807, 2.05) is 45.9 Å². The first kappa shape index (κ1) is 20.5. The van der Waals surface area contributed by atoms with Crippen LogP contribution in [-0.4, -0.2) is 24.0 Å². The predicted molar refractivity (Wildman–Crippen MR) is 112 cm³/mol. The second-order valence-electron chi connectivity index (χ2n) is 8.60. The number of hydrogen-bond acceptors (Lipinski definition) is 3. The third-order valence-electron chi connectivity index (χ3n) is 6.13. The van der Waals surface area contributed by atoms with Gasteiger partial charge < -0.3 is 9.31 Å². The Kier molecular flexibility index (Phi) is 5.08. The summed E-state index contributed by atoms with van der Waals surface area (Å²) < 4.78 is 40.3. The fraction of sp³-hybridized carbons (Fsp3) is 0.409. The number of nitrogens with zero attached hydrogens (tertiary/aromatic N) is 1. The number of aliphatic imine (C=N–C) groups is 1. The first-order chi connectivity index (χ1) is 13.6. The Bertz CT molecular complexity index is 957. The number of rotatable bonds is 3. The summed E-state index contributed by atoms with van der Waals surface area (Å²) in [5, 5.41) is 0.543. The minimum absolute atomic E-state index is 0.0417. The van der Waals surface area contributed by atoms with Crippen molar-refractivity contribution in [3.63, 3.8) is 0 Å². The van der Waals surface area contributed by atoms with Gasteiger partial charge in [-0.1, -0.05) is 29.8 Å². The van der Waals surface area contributed by atoms with Crippen molar-refractivity contribution >= 4 is 29.9 Å². The Balaban J connectivity index is 1.59. The molecule has 0 spiro atoms. The van der Waals surface area contributed by atoms with E-state index in [2.05, 4.69) is 4.99 Å². The Morgan fingerprint density at radius 3 is 2.24 bits per heavy atom. The van der Waals surface area contributed by atoms with Gasteiger partial charge in [0.25, 0.3) is 0 Å². The molecule has 0 saturated carbocycles. The van der Waals surface area contributed by atoms with Gasteiger partial charge in [-0.05, 0) is 69.8 Å². The molecule has 2 heterocycles. The van der Waals surface area contributed by atoms with Crippen LogP contribution in [0.4, 0.5) is 8.78 Å². The van der Waals surface area contributed by atoms with E-state index in [0.29, 0.717) is 23.6 Å². The van der Waals surface area contributed by atoms with E-state index in [9.17, 15) is 8.78 Å². The molecular weight excluding hydrogens is 395 g/mol. The normalized spacial score (nSPS) is 22.8. The maximum atomic E-state index is 14.1. The minimum atomic E-state index is -0.591. The fourth-order valence-electron chi connectivity index (χ4n) is 3.72. The number of benzene rings is 2. The summed E-state index contributed by atoms with van der Waals surface area (Å²) in [7, 11) is -0.498. The monoisotopic (exact) mass is 417 g/mol. The molecule has 152 valence electrons. The average Bonchev–Trinajstić information content (AvgIpc) is 3.17. The predicted octanol–water partition coefficient (Wildman–Crippen LogP) is 5.24. The smallest absolute Gasteiger partial charge is 0.399 e. The molecule has 0 amide bonds. The van der Waals surface area contributed by atoms with Gasteiger partial charge in [0.1, 0.15) is 11.6 Å². The molecule has 4 rings (SSSR count). The van der Waals surface area contributed by atoms with E-state index >= 15 is 0 Å².